The van der Waals surface area contributed by atoms with E-state index in [2.05, 4.69) is 23.4 Å². The molecule has 4 heteroatoms. The predicted molar refractivity (Wildman–Crippen MR) is 84.2 cm³/mol. The minimum Gasteiger partial charge on any atom is -0.497 e. The Labute approximate surface area is 120 Å². The van der Waals surface area contributed by atoms with Crippen LogP contribution in [0, 0.1) is 0 Å². The van der Waals surface area contributed by atoms with Crippen LogP contribution in [0.3, 0.4) is 0 Å². The van der Waals surface area contributed by atoms with E-state index < -0.39 is 0 Å². The van der Waals surface area contributed by atoms with Gasteiger partial charge in [0.25, 0.3) is 0 Å². The molecule has 0 radical (unpaired) electrons. The smallest absolute Gasteiger partial charge is 0.201 e. The number of benzene rings is 1. The Morgan fingerprint density at radius 2 is 2.10 bits per heavy atom. The molecule has 0 fully saturated rings. The van der Waals surface area contributed by atoms with Crippen LogP contribution in [0.2, 0.25) is 0 Å². The molecule has 0 aliphatic carbocycles. The van der Waals surface area contributed by atoms with E-state index in [1.807, 2.05) is 18.2 Å². The first-order chi connectivity index (χ1) is 9.67. The Hall–Kier alpha value is -1.71. The van der Waals surface area contributed by atoms with Gasteiger partial charge in [-0.15, -0.1) is 0 Å². The second-order valence-electron chi connectivity index (χ2n) is 5.39. The fourth-order valence-electron chi connectivity index (χ4n) is 2.68. The van der Waals surface area contributed by atoms with Crippen LogP contribution in [0.25, 0.3) is 11.0 Å². The summed E-state index contributed by atoms with van der Waals surface area (Å²) in [5.41, 5.74) is 8.08. The molecule has 0 saturated carbocycles. The van der Waals surface area contributed by atoms with E-state index in [1.54, 1.807) is 7.11 Å². The summed E-state index contributed by atoms with van der Waals surface area (Å²) in [4.78, 5) is 4.45. The van der Waals surface area contributed by atoms with Crippen molar-refractivity contribution in [2.45, 2.75) is 52.0 Å². The lowest BCUT2D eigenvalue weighted by Gasteiger charge is -2.16. The summed E-state index contributed by atoms with van der Waals surface area (Å²) in [5, 5.41) is 0. The standard InChI is InChI=1S/C16H25N3O/c1-4-5-6-7-8-12(2)19-15-10-9-13(20-3)11-14(15)18-16(19)17/h9-12H,4-8H2,1-3H3,(H2,17,18). The molecule has 1 atom stereocenters. The zero-order valence-electron chi connectivity index (χ0n) is 12.7. The summed E-state index contributed by atoms with van der Waals surface area (Å²) in [7, 11) is 1.66. The third-order valence-corrected chi connectivity index (χ3v) is 3.84. The molecule has 0 saturated heterocycles. The summed E-state index contributed by atoms with van der Waals surface area (Å²) in [5.74, 6) is 1.41. The average Bonchev–Trinajstić information content (AvgIpc) is 2.78. The monoisotopic (exact) mass is 275 g/mol. The van der Waals surface area contributed by atoms with Crippen molar-refractivity contribution in [3.8, 4) is 5.75 Å². The van der Waals surface area contributed by atoms with Crippen molar-refractivity contribution >= 4 is 17.0 Å². The lowest BCUT2D eigenvalue weighted by molar-refractivity contribution is 0.415. The van der Waals surface area contributed by atoms with E-state index in [0.717, 1.165) is 23.2 Å². The second kappa shape index (κ2) is 6.64. The van der Waals surface area contributed by atoms with Crippen molar-refractivity contribution in [3.05, 3.63) is 18.2 Å². The van der Waals surface area contributed by atoms with Gasteiger partial charge in [0.15, 0.2) is 0 Å². The summed E-state index contributed by atoms with van der Waals surface area (Å²) in [6, 6.07) is 6.32. The highest BCUT2D eigenvalue weighted by Crippen LogP contribution is 2.28. The summed E-state index contributed by atoms with van der Waals surface area (Å²) < 4.78 is 7.37. The highest BCUT2D eigenvalue weighted by atomic mass is 16.5. The van der Waals surface area contributed by atoms with Crippen molar-refractivity contribution in [2.24, 2.45) is 0 Å². The summed E-state index contributed by atoms with van der Waals surface area (Å²) in [6.45, 7) is 4.45. The van der Waals surface area contributed by atoms with Crippen LogP contribution in [0.15, 0.2) is 18.2 Å². The number of ether oxygens (including phenoxy) is 1. The van der Waals surface area contributed by atoms with Gasteiger partial charge in [0.2, 0.25) is 5.95 Å². The SMILES string of the molecule is CCCCCCC(C)n1c(N)nc2cc(OC)ccc21. The van der Waals surface area contributed by atoms with Crippen LogP contribution in [0.5, 0.6) is 5.75 Å². The van der Waals surface area contributed by atoms with Crippen LogP contribution in [-0.2, 0) is 0 Å². The maximum absolute atomic E-state index is 6.09. The van der Waals surface area contributed by atoms with Crippen LogP contribution >= 0.6 is 0 Å². The highest BCUT2D eigenvalue weighted by molar-refractivity contribution is 5.80. The maximum atomic E-state index is 6.09. The molecule has 2 N–H and O–H groups in total. The Morgan fingerprint density at radius 3 is 2.80 bits per heavy atom. The molecular formula is C16H25N3O. The van der Waals surface area contributed by atoms with Gasteiger partial charge in [0.05, 0.1) is 18.1 Å². The maximum Gasteiger partial charge on any atom is 0.201 e. The normalized spacial score (nSPS) is 12.8. The number of rotatable bonds is 7. The number of hydrogen-bond acceptors (Lipinski definition) is 3. The molecule has 2 aromatic rings. The van der Waals surface area contributed by atoms with Gasteiger partial charge in [-0.2, -0.15) is 0 Å². The molecule has 0 aliphatic rings. The quantitative estimate of drug-likeness (QED) is 0.772. The van der Waals surface area contributed by atoms with Gasteiger partial charge >= 0.3 is 0 Å². The number of aromatic nitrogens is 2. The molecular weight excluding hydrogens is 250 g/mol. The van der Waals surface area contributed by atoms with Crippen LogP contribution < -0.4 is 10.5 Å². The van der Waals surface area contributed by atoms with Crippen LogP contribution in [0.4, 0.5) is 5.95 Å². The third-order valence-electron chi connectivity index (χ3n) is 3.84. The first-order valence-electron chi connectivity index (χ1n) is 7.48. The number of imidazole rings is 1. The zero-order valence-corrected chi connectivity index (χ0v) is 12.7. The number of methoxy groups -OCH3 is 1. The van der Waals surface area contributed by atoms with Gasteiger partial charge in [-0.1, -0.05) is 32.6 Å². The third kappa shape index (κ3) is 3.06. The van der Waals surface area contributed by atoms with Crippen molar-refractivity contribution in [1.29, 1.82) is 0 Å². The first kappa shape index (κ1) is 14.7. The Morgan fingerprint density at radius 1 is 1.30 bits per heavy atom. The summed E-state index contributed by atoms with van der Waals surface area (Å²) in [6.07, 6.45) is 6.25. The molecule has 4 nitrogen and oxygen atoms in total. The Bertz CT molecular complexity index is 562. The van der Waals surface area contributed by atoms with Crippen molar-refractivity contribution < 1.29 is 4.74 Å². The molecule has 110 valence electrons. The highest BCUT2D eigenvalue weighted by Gasteiger charge is 2.14. The number of nitrogen functional groups attached to an aromatic ring is 1. The first-order valence-corrected chi connectivity index (χ1v) is 7.48. The number of unbranched alkanes of at least 4 members (excludes halogenated alkanes) is 3. The predicted octanol–water partition coefficient (Wildman–Crippen LogP) is 4.16. The molecule has 2 rings (SSSR count). The van der Waals surface area contributed by atoms with Gasteiger partial charge < -0.3 is 15.0 Å². The van der Waals surface area contributed by atoms with Crippen LogP contribution in [0.1, 0.15) is 52.0 Å². The average molecular weight is 275 g/mol. The molecule has 1 unspecified atom stereocenters. The van der Waals surface area contributed by atoms with Crippen molar-refractivity contribution in [3.63, 3.8) is 0 Å². The van der Waals surface area contributed by atoms with Crippen molar-refractivity contribution in [2.75, 3.05) is 12.8 Å². The largest absolute Gasteiger partial charge is 0.497 e. The zero-order chi connectivity index (χ0) is 14.5. The minimum atomic E-state index is 0.380. The van der Waals surface area contributed by atoms with E-state index in [0.29, 0.717) is 12.0 Å². The summed E-state index contributed by atoms with van der Waals surface area (Å²) >= 11 is 0. The van der Waals surface area contributed by atoms with E-state index in [-0.39, 0.29) is 0 Å². The lowest BCUT2D eigenvalue weighted by Crippen LogP contribution is -2.08. The molecule has 0 bridgehead atoms. The van der Waals surface area contributed by atoms with Crippen molar-refractivity contribution in [1.82, 2.24) is 9.55 Å². The van der Waals surface area contributed by atoms with Crippen LogP contribution in [-0.4, -0.2) is 16.7 Å². The van der Waals surface area contributed by atoms with Gasteiger partial charge in [0, 0.05) is 12.1 Å². The number of anilines is 1. The number of nitrogens with two attached hydrogens (primary N) is 1. The fraction of sp³-hybridized carbons (Fsp3) is 0.562. The number of fused-ring (bicyclic) bond motifs is 1. The van der Waals surface area contributed by atoms with E-state index in [4.69, 9.17) is 10.5 Å². The molecule has 1 aromatic heterocycles. The second-order valence-corrected chi connectivity index (χ2v) is 5.39. The molecule has 20 heavy (non-hydrogen) atoms. The van der Waals surface area contributed by atoms with E-state index in [1.165, 1.54) is 25.7 Å². The molecule has 1 aromatic carbocycles. The number of nitrogens with zero attached hydrogens (tertiary/aromatic N) is 2. The Balaban J connectivity index is 2.18. The van der Waals surface area contributed by atoms with Gasteiger partial charge in [0.1, 0.15) is 5.75 Å². The topological polar surface area (TPSA) is 53.1 Å². The van der Waals surface area contributed by atoms with Gasteiger partial charge in [-0.05, 0) is 25.5 Å². The van der Waals surface area contributed by atoms with E-state index >= 15 is 0 Å². The van der Waals surface area contributed by atoms with E-state index in [9.17, 15) is 0 Å². The van der Waals surface area contributed by atoms with Gasteiger partial charge in [-0.3, -0.25) is 0 Å². The molecule has 0 spiro atoms. The van der Waals surface area contributed by atoms with Gasteiger partial charge in [-0.25, -0.2) is 4.98 Å². The molecule has 1 heterocycles. The number of hydrogen-bond donors (Lipinski definition) is 1. The minimum absolute atomic E-state index is 0.380. The molecule has 0 aliphatic heterocycles. The Kier molecular flexibility index (Phi) is 4.88. The lowest BCUT2D eigenvalue weighted by atomic mass is 10.1. The molecule has 0 amide bonds. The fourth-order valence-corrected chi connectivity index (χ4v) is 2.68.